The van der Waals surface area contributed by atoms with Crippen molar-refractivity contribution < 1.29 is 47.8 Å². The van der Waals surface area contributed by atoms with Crippen molar-refractivity contribution in [3.63, 3.8) is 0 Å². The molecule has 9 rings (SSSR count). The number of hydrogen-bond acceptors (Lipinski definition) is 14. The first-order chi connectivity index (χ1) is 46.8. The van der Waals surface area contributed by atoms with Crippen LogP contribution in [-0.4, -0.2) is 159 Å². The summed E-state index contributed by atoms with van der Waals surface area (Å²) in [6.45, 7) is 7.25. The molecule has 4 fully saturated rings. The van der Waals surface area contributed by atoms with Gasteiger partial charge in [-0.3, -0.25) is 38.4 Å². The first-order valence-electron chi connectivity index (χ1n) is 34.4. The van der Waals surface area contributed by atoms with E-state index < -0.39 is 72.0 Å². The van der Waals surface area contributed by atoms with E-state index in [0.717, 1.165) is 22.3 Å². The minimum atomic E-state index is -1.05. The van der Waals surface area contributed by atoms with Crippen LogP contribution in [-0.2, 0) is 74.1 Å². The zero-order valence-corrected chi connectivity index (χ0v) is 55.9. The number of fused-ring (bicyclic) bond motifs is 2. The van der Waals surface area contributed by atoms with E-state index in [2.05, 4.69) is 53.2 Å². The molecule has 0 spiro atoms. The number of benzene rings is 5. The van der Waals surface area contributed by atoms with Gasteiger partial charge in [0.15, 0.2) is 0 Å². The highest BCUT2D eigenvalue weighted by atomic mass is 16.5. The Morgan fingerprint density at radius 1 is 0.448 bits per heavy atom. The van der Waals surface area contributed by atoms with Gasteiger partial charge in [-0.15, -0.1) is 0 Å². The fourth-order valence-corrected chi connectivity index (χ4v) is 13.9. The number of nitrogens with one attached hydrogen (secondary N) is 10. The van der Waals surface area contributed by atoms with E-state index in [1.807, 2.05) is 111 Å². The fraction of sp³-hybridized carbons (Fsp3) is 0.486. The van der Waals surface area contributed by atoms with Gasteiger partial charge in [-0.1, -0.05) is 159 Å². The molecular formula is C74H98N12O10. The third-order valence-corrected chi connectivity index (χ3v) is 19.2. The van der Waals surface area contributed by atoms with E-state index in [1.165, 1.54) is 0 Å². The lowest BCUT2D eigenvalue weighted by Crippen LogP contribution is -2.59. The van der Waals surface area contributed by atoms with Crippen LogP contribution >= 0.6 is 0 Å². The number of ether oxygens (including phenoxy) is 2. The van der Waals surface area contributed by atoms with Crippen LogP contribution in [0.15, 0.2) is 146 Å². The van der Waals surface area contributed by atoms with Gasteiger partial charge < -0.3 is 72.4 Å². The van der Waals surface area contributed by atoms with Gasteiger partial charge in [-0.2, -0.15) is 0 Å². The average Bonchev–Trinajstić information content (AvgIpc) is 1.64. The van der Waals surface area contributed by atoms with E-state index in [-0.39, 0.29) is 87.1 Å². The topological polar surface area (TPSA) is 282 Å². The lowest BCUT2D eigenvalue weighted by atomic mass is 9.92. The molecule has 5 aromatic rings. The summed E-state index contributed by atoms with van der Waals surface area (Å²) >= 11 is 0. The molecule has 5 aromatic carbocycles. The SMILES string of the molecule is CC[C@H](NC)C(=O)N[C@@H]1C(=O)N2[C@@H](CC[C@@H]1CNCc1ccccc1)CC[C@H]2C(=O)N[C@H](C(=O)NCCOCc1ccc(COCCNC(=O)[C@@H](NC(=O)[C@@H]2CC[C@@H]3CC[C@H](CNCc4ccccc4)[C@H](NC(=O)[C@H](CC)NC)C(=O)N32)c2ccccc2)cc1)c1ccccc1. The Morgan fingerprint density at radius 2 is 0.802 bits per heavy atom. The highest BCUT2D eigenvalue weighted by Crippen LogP contribution is 2.36. The van der Waals surface area contributed by atoms with Gasteiger partial charge in [-0.25, -0.2) is 0 Å². The van der Waals surface area contributed by atoms with Crippen LogP contribution in [0.5, 0.6) is 0 Å². The van der Waals surface area contributed by atoms with Gasteiger partial charge in [0.1, 0.15) is 36.3 Å². The smallest absolute Gasteiger partial charge is 0.247 e. The molecule has 22 heteroatoms. The summed E-state index contributed by atoms with van der Waals surface area (Å²) in [4.78, 5) is 117. The summed E-state index contributed by atoms with van der Waals surface area (Å²) in [7, 11) is 3.44. The molecule has 8 amide bonds. The molecule has 0 bridgehead atoms. The number of nitrogens with zero attached hydrogens (tertiary/aromatic N) is 2. The van der Waals surface area contributed by atoms with Gasteiger partial charge in [0.25, 0.3) is 0 Å². The van der Waals surface area contributed by atoms with E-state index >= 15 is 0 Å². The molecule has 4 saturated heterocycles. The minimum absolute atomic E-state index is 0.163. The molecule has 0 radical (unpaired) electrons. The molecule has 4 aliphatic heterocycles. The zero-order chi connectivity index (χ0) is 67.8. The minimum Gasteiger partial charge on any atom is -0.375 e. The van der Waals surface area contributed by atoms with Gasteiger partial charge >= 0.3 is 0 Å². The number of carbonyl (C=O) groups excluding carboxylic acids is 8. The van der Waals surface area contributed by atoms with Crippen LogP contribution in [0.4, 0.5) is 0 Å². The van der Waals surface area contributed by atoms with Crippen molar-refractivity contribution in [3.8, 4) is 0 Å². The molecule has 514 valence electrons. The van der Waals surface area contributed by atoms with Crippen molar-refractivity contribution in [1.29, 1.82) is 0 Å². The van der Waals surface area contributed by atoms with Gasteiger partial charge in [0, 0.05) is 63.2 Å². The predicted octanol–water partition coefficient (Wildman–Crippen LogP) is 4.75. The number of likely N-dealkylation sites (N-methyl/N-ethyl adjacent to an activating group) is 2. The molecule has 0 unspecified atom stereocenters. The fourth-order valence-electron chi connectivity index (χ4n) is 13.9. The molecule has 0 aromatic heterocycles. The lowest BCUT2D eigenvalue weighted by molar-refractivity contribution is -0.144. The molecule has 22 nitrogen and oxygen atoms in total. The molecule has 0 aliphatic carbocycles. The summed E-state index contributed by atoms with van der Waals surface area (Å²) in [6, 6.07) is 38.8. The van der Waals surface area contributed by atoms with Crippen molar-refractivity contribution >= 4 is 47.3 Å². The number of carbonyl (C=O) groups is 8. The van der Waals surface area contributed by atoms with Crippen LogP contribution in [0.3, 0.4) is 0 Å². The second-order valence-electron chi connectivity index (χ2n) is 25.6. The van der Waals surface area contributed by atoms with Crippen LogP contribution in [0, 0.1) is 11.8 Å². The highest BCUT2D eigenvalue weighted by Gasteiger charge is 2.50. The Balaban J connectivity index is 0.725. The summed E-state index contributed by atoms with van der Waals surface area (Å²) in [5.41, 5.74) is 5.17. The second-order valence-corrected chi connectivity index (χ2v) is 25.6. The van der Waals surface area contributed by atoms with Crippen LogP contribution in [0.1, 0.15) is 124 Å². The largest absolute Gasteiger partial charge is 0.375 e. The maximum Gasteiger partial charge on any atom is 0.247 e. The molecular weight excluding hydrogens is 1220 g/mol. The van der Waals surface area contributed by atoms with E-state index in [1.54, 1.807) is 72.4 Å². The number of amides is 8. The van der Waals surface area contributed by atoms with Crippen LogP contribution < -0.4 is 53.2 Å². The molecule has 0 saturated carbocycles. The predicted molar refractivity (Wildman–Crippen MR) is 366 cm³/mol. The third-order valence-electron chi connectivity index (χ3n) is 19.2. The van der Waals surface area contributed by atoms with E-state index in [9.17, 15) is 38.4 Å². The molecule has 4 aliphatic rings. The molecule has 10 N–H and O–H groups in total. The van der Waals surface area contributed by atoms with Gasteiger partial charge in [-0.05, 0) is 112 Å². The molecule has 4 heterocycles. The zero-order valence-electron chi connectivity index (χ0n) is 55.9. The Labute approximate surface area is 564 Å². The van der Waals surface area contributed by atoms with Crippen molar-refractivity contribution in [2.45, 2.75) is 165 Å². The Bertz CT molecular complexity index is 3090. The van der Waals surface area contributed by atoms with Crippen LogP contribution in [0.2, 0.25) is 0 Å². The van der Waals surface area contributed by atoms with E-state index in [0.29, 0.717) is 102 Å². The van der Waals surface area contributed by atoms with Crippen molar-refractivity contribution in [2.75, 3.05) is 53.5 Å². The Hall–Kier alpha value is -8.38. The van der Waals surface area contributed by atoms with Crippen LogP contribution in [0.25, 0.3) is 0 Å². The summed E-state index contributed by atoms with van der Waals surface area (Å²) in [5.74, 6) is -3.28. The summed E-state index contributed by atoms with van der Waals surface area (Å²) < 4.78 is 12.0. The van der Waals surface area contributed by atoms with Crippen molar-refractivity contribution in [2.24, 2.45) is 11.8 Å². The number of rotatable bonds is 34. The second kappa shape index (κ2) is 36.7. The Morgan fingerprint density at radius 3 is 1.16 bits per heavy atom. The third kappa shape index (κ3) is 19.4. The van der Waals surface area contributed by atoms with Gasteiger partial charge in [0.2, 0.25) is 47.3 Å². The normalized spacial score (nSPS) is 22.0. The van der Waals surface area contributed by atoms with E-state index in [4.69, 9.17) is 9.47 Å². The quantitative estimate of drug-likeness (QED) is 0.0249. The first-order valence-corrected chi connectivity index (χ1v) is 34.4. The standard InChI is InChI=1S/C74H98N12O10/c1-5-59(75-3)67(87)83-65-55(45-77-43-49-19-11-7-12-20-49)31-33-57-35-37-61(85(57)73(65)93)69(89)81-63(53-23-15-9-16-24-53)71(91)79-39-41-95-47-51-27-29-52(30-28-51)48-96-42-40-80-72(92)64(54-25-17-10-18-26-54)82-70(90)62-38-36-58-34-32-56(46-78-44-50-21-13-8-14-22-50)66(74(94)86(58)62)84-68(88)60(6-2)76-4/h7-30,55-66,75-78H,5-6,31-48H2,1-4H3,(H,79,91)(H,80,92)(H,81,89)(H,82,90)(H,83,87)(H,84,88)/t55-,56-,57+,58+,59+,60+,61+,62+,63+,64+,65+,66+/m1/s1. The van der Waals surface area contributed by atoms with Gasteiger partial charge in [0.05, 0.1) is 38.5 Å². The summed E-state index contributed by atoms with van der Waals surface area (Å²) in [6.07, 6.45) is 5.84. The molecule has 12 atom stereocenters. The maximum absolute atomic E-state index is 14.8. The van der Waals surface area contributed by atoms with Crippen molar-refractivity contribution in [3.05, 3.63) is 179 Å². The molecule has 96 heavy (non-hydrogen) atoms. The lowest BCUT2D eigenvalue weighted by Gasteiger charge is -2.33. The Kier molecular flexibility index (Phi) is 27.5. The first kappa shape index (κ1) is 71.9. The number of hydrogen-bond donors (Lipinski definition) is 10. The monoisotopic (exact) mass is 1310 g/mol. The van der Waals surface area contributed by atoms with Crippen molar-refractivity contribution in [1.82, 2.24) is 63.0 Å². The maximum atomic E-state index is 14.8. The average molecular weight is 1320 g/mol. The highest BCUT2D eigenvalue weighted by molar-refractivity contribution is 5.97. The summed E-state index contributed by atoms with van der Waals surface area (Å²) in [5, 5.41) is 31.1.